The van der Waals surface area contributed by atoms with E-state index in [1.165, 1.54) is 20.8 Å². The molecule has 0 spiro atoms. The second-order valence-electron chi connectivity index (χ2n) is 11.8. The van der Waals surface area contributed by atoms with Gasteiger partial charge in [0, 0.05) is 26.2 Å². The third-order valence-electron chi connectivity index (χ3n) is 10.2. The molecule has 0 aromatic rings. The second kappa shape index (κ2) is 8.94. The SMILES string of the molecule is CC(=O)OCC(=O)[C@@]1(OC(C)=O)CCC2C3CC[C@H]4CC(OC(C)=O)CC[C@]4(C)C3CC[C@@]21C. The molecule has 8 atom stereocenters. The fourth-order valence-corrected chi connectivity index (χ4v) is 8.77. The zero-order chi connectivity index (χ0) is 24.9. The molecule has 7 nitrogen and oxygen atoms in total. The van der Waals surface area contributed by atoms with E-state index in [0.29, 0.717) is 24.2 Å². The van der Waals surface area contributed by atoms with E-state index in [0.717, 1.165) is 51.4 Å². The molecule has 0 N–H and O–H groups in total. The Morgan fingerprint density at radius 3 is 2.15 bits per heavy atom. The zero-order valence-corrected chi connectivity index (χ0v) is 21.3. The number of hydrogen-bond acceptors (Lipinski definition) is 7. The summed E-state index contributed by atoms with van der Waals surface area (Å²) in [4.78, 5) is 48.5. The molecule has 0 radical (unpaired) electrons. The van der Waals surface area contributed by atoms with Gasteiger partial charge in [-0.1, -0.05) is 13.8 Å². The van der Waals surface area contributed by atoms with Crippen molar-refractivity contribution < 1.29 is 33.4 Å². The van der Waals surface area contributed by atoms with Gasteiger partial charge in [-0.25, -0.2) is 0 Å². The number of carbonyl (C=O) groups is 4. The van der Waals surface area contributed by atoms with Crippen molar-refractivity contribution in [1.82, 2.24) is 0 Å². The standard InChI is InChI=1S/C27H40O7/c1-16(28)32-15-24(31)27(34-18(3)30)13-10-23-21-7-6-19-14-20(33-17(2)29)8-11-25(19,4)22(21)9-12-26(23,27)5/h19-23H,6-15H2,1-5H3/t19-,20?,21?,22?,23?,25-,26-,27-/m0/s1. The molecule has 4 aliphatic rings. The normalized spacial score (nSPS) is 43.0. The Labute approximate surface area is 202 Å². The molecule has 0 amide bonds. The molecule has 0 aliphatic heterocycles. The van der Waals surface area contributed by atoms with Crippen LogP contribution in [-0.2, 0) is 33.4 Å². The minimum Gasteiger partial charge on any atom is -0.463 e. The number of esters is 3. The first-order valence-corrected chi connectivity index (χ1v) is 13.0. The third-order valence-corrected chi connectivity index (χ3v) is 10.2. The number of hydrogen-bond donors (Lipinski definition) is 0. The summed E-state index contributed by atoms with van der Waals surface area (Å²) in [5.74, 6) is 0.413. The molecular formula is C27H40O7. The average Bonchev–Trinajstić information content (AvgIpc) is 3.04. The van der Waals surface area contributed by atoms with E-state index in [4.69, 9.17) is 14.2 Å². The zero-order valence-electron chi connectivity index (χ0n) is 21.3. The maximum Gasteiger partial charge on any atom is 0.303 e. The van der Waals surface area contributed by atoms with Gasteiger partial charge in [0.15, 0.2) is 12.2 Å². The molecule has 0 saturated heterocycles. The molecule has 7 heteroatoms. The molecule has 0 bridgehead atoms. The van der Waals surface area contributed by atoms with E-state index >= 15 is 0 Å². The van der Waals surface area contributed by atoms with Crippen LogP contribution in [0.3, 0.4) is 0 Å². The lowest BCUT2D eigenvalue weighted by molar-refractivity contribution is -0.196. The van der Waals surface area contributed by atoms with Crippen molar-refractivity contribution in [3.63, 3.8) is 0 Å². The molecular weight excluding hydrogens is 436 g/mol. The van der Waals surface area contributed by atoms with Crippen LogP contribution < -0.4 is 0 Å². The van der Waals surface area contributed by atoms with Gasteiger partial charge >= 0.3 is 17.9 Å². The number of ether oxygens (including phenoxy) is 3. The van der Waals surface area contributed by atoms with E-state index < -0.39 is 23.0 Å². The smallest absolute Gasteiger partial charge is 0.303 e. The van der Waals surface area contributed by atoms with Crippen LogP contribution in [0.5, 0.6) is 0 Å². The van der Waals surface area contributed by atoms with Crippen LogP contribution in [0.15, 0.2) is 0 Å². The van der Waals surface area contributed by atoms with Gasteiger partial charge in [-0.15, -0.1) is 0 Å². The Balaban J connectivity index is 1.58. The van der Waals surface area contributed by atoms with Crippen LogP contribution in [0.2, 0.25) is 0 Å². The number of rotatable bonds is 5. The van der Waals surface area contributed by atoms with Gasteiger partial charge in [0.1, 0.15) is 6.10 Å². The van der Waals surface area contributed by atoms with Crippen molar-refractivity contribution in [3.8, 4) is 0 Å². The highest BCUT2D eigenvalue weighted by Gasteiger charge is 2.69. The van der Waals surface area contributed by atoms with Gasteiger partial charge in [-0.2, -0.15) is 0 Å². The lowest BCUT2D eigenvalue weighted by Crippen LogP contribution is -2.60. The maximum atomic E-state index is 13.4. The molecule has 34 heavy (non-hydrogen) atoms. The Hall–Kier alpha value is -1.92. The molecule has 0 heterocycles. The summed E-state index contributed by atoms with van der Waals surface area (Å²) in [7, 11) is 0. The lowest BCUT2D eigenvalue weighted by Gasteiger charge is -2.61. The van der Waals surface area contributed by atoms with Crippen LogP contribution in [-0.4, -0.2) is 42.0 Å². The first kappa shape index (κ1) is 25.2. The van der Waals surface area contributed by atoms with Gasteiger partial charge in [-0.05, 0) is 86.9 Å². The summed E-state index contributed by atoms with van der Waals surface area (Å²) in [6.07, 6.45) is 8.27. The highest BCUT2D eigenvalue weighted by Crippen LogP contribution is 2.69. The van der Waals surface area contributed by atoms with E-state index in [-0.39, 0.29) is 35.8 Å². The van der Waals surface area contributed by atoms with Crippen LogP contribution in [0.1, 0.15) is 92.4 Å². The first-order chi connectivity index (χ1) is 15.9. The monoisotopic (exact) mass is 476 g/mol. The molecule has 4 aliphatic carbocycles. The van der Waals surface area contributed by atoms with Crippen molar-refractivity contribution in [2.45, 2.75) is 104 Å². The van der Waals surface area contributed by atoms with Crippen molar-refractivity contribution in [2.75, 3.05) is 6.61 Å². The van der Waals surface area contributed by atoms with Crippen molar-refractivity contribution >= 4 is 23.7 Å². The average molecular weight is 477 g/mol. The summed E-state index contributed by atoms with van der Waals surface area (Å²) in [5, 5.41) is 0. The van der Waals surface area contributed by atoms with Crippen molar-refractivity contribution in [1.29, 1.82) is 0 Å². The molecule has 0 aromatic carbocycles. The Kier molecular flexibility index (Phi) is 6.62. The molecule has 0 aromatic heterocycles. The van der Waals surface area contributed by atoms with Gasteiger partial charge < -0.3 is 14.2 Å². The Morgan fingerprint density at radius 1 is 0.794 bits per heavy atom. The molecule has 190 valence electrons. The number of ketones is 1. The molecule has 4 fully saturated rings. The minimum absolute atomic E-state index is 0.0305. The lowest BCUT2D eigenvalue weighted by atomic mass is 9.44. The highest BCUT2D eigenvalue weighted by atomic mass is 16.6. The molecule has 4 rings (SSSR count). The summed E-state index contributed by atoms with van der Waals surface area (Å²) in [5.41, 5.74) is -1.49. The first-order valence-electron chi connectivity index (χ1n) is 13.0. The van der Waals surface area contributed by atoms with Crippen LogP contribution in [0.25, 0.3) is 0 Å². The summed E-state index contributed by atoms with van der Waals surface area (Å²) in [6, 6.07) is 0. The van der Waals surface area contributed by atoms with E-state index in [2.05, 4.69) is 13.8 Å². The topological polar surface area (TPSA) is 96.0 Å². The molecule has 4 unspecified atom stereocenters. The van der Waals surface area contributed by atoms with E-state index in [1.807, 2.05) is 0 Å². The van der Waals surface area contributed by atoms with Gasteiger partial charge in [0.25, 0.3) is 0 Å². The third kappa shape index (κ3) is 3.97. The summed E-state index contributed by atoms with van der Waals surface area (Å²) < 4.78 is 16.5. The number of Topliss-reactive ketones (excluding diaryl/α,β-unsaturated/α-hetero) is 1. The Morgan fingerprint density at radius 2 is 1.50 bits per heavy atom. The number of fused-ring (bicyclic) bond motifs is 5. The maximum absolute atomic E-state index is 13.4. The van der Waals surface area contributed by atoms with Crippen molar-refractivity contribution in [3.05, 3.63) is 0 Å². The second-order valence-corrected chi connectivity index (χ2v) is 11.8. The predicted molar refractivity (Wildman–Crippen MR) is 123 cm³/mol. The minimum atomic E-state index is -1.23. The molecule has 4 saturated carbocycles. The fourth-order valence-electron chi connectivity index (χ4n) is 8.77. The van der Waals surface area contributed by atoms with Gasteiger partial charge in [-0.3, -0.25) is 19.2 Å². The predicted octanol–water partition coefficient (Wildman–Crippen LogP) is 4.39. The Bertz CT molecular complexity index is 867. The van der Waals surface area contributed by atoms with Crippen LogP contribution in [0.4, 0.5) is 0 Å². The van der Waals surface area contributed by atoms with Crippen LogP contribution >= 0.6 is 0 Å². The number of carbonyl (C=O) groups excluding carboxylic acids is 4. The van der Waals surface area contributed by atoms with Crippen molar-refractivity contribution in [2.24, 2.45) is 34.5 Å². The van der Waals surface area contributed by atoms with Gasteiger partial charge in [0.05, 0.1) is 0 Å². The van der Waals surface area contributed by atoms with Crippen LogP contribution in [0, 0.1) is 34.5 Å². The summed E-state index contributed by atoms with van der Waals surface area (Å²) in [6.45, 7) is 8.34. The van der Waals surface area contributed by atoms with E-state index in [9.17, 15) is 19.2 Å². The largest absolute Gasteiger partial charge is 0.463 e. The van der Waals surface area contributed by atoms with E-state index in [1.54, 1.807) is 0 Å². The van der Waals surface area contributed by atoms with Gasteiger partial charge in [0.2, 0.25) is 5.78 Å². The summed E-state index contributed by atoms with van der Waals surface area (Å²) >= 11 is 0. The fraction of sp³-hybridized carbons (Fsp3) is 0.852. The quantitative estimate of drug-likeness (QED) is 0.429. The highest BCUT2D eigenvalue weighted by molar-refractivity contribution is 5.93.